The van der Waals surface area contributed by atoms with Crippen LogP contribution < -0.4 is 5.32 Å². The van der Waals surface area contributed by atoms with Crippen molar-refractivity contribution in [2.75, 3.05) is 6.54 Å². The van der Waals surface area contributed by atoms with Crippen molar-refractivity contribution in [3.05, 3.63) is 88.0 Å². The first-order chi connectivity index (χ1) is 14.8. The maximum atomic E-state index is 13.2. The minimum Gasteiger partial charge on any atom is -0.359 e. The van der Waals surface area contributed by atoms with Crippen molar-refractivity contribution in [3.8, 4) is 0 Å². The number of nitrogens with one attached hydrogen (secondary N) is 1. The standard InChI is InChI=1S/C23H23ClFN3O3/c1-15(2)13-28(23(30)17-6-8-19(25)9-7-17)14-20-11-21(27-31-20)22(29)26-12-16-4-3-5-18(24)10-16/h3-11,15H,12-14H2,1-2H3,(H,26,29). The topological polar surface area (TPSA) is 75.4 Å². The molecule has 0 aliphatic heterocycles. The molecule has 0 aliphatic carbocycles. The smallest absolute Gasteiger partial charge is 0.273 e. The van der Waals surface area contributed by atoms with Gasteiger partial charge in [0.1, 0.15) is 5.82 Å². The van der Waals surface area contributed by atoms with E-state index in [4.69, 9.17) is 16.1 Å². The van der Waals surface area contributed by atoms with E-state index in [-0.39, 0.29) is 24.1 Å². The normalized spacial score (nSPS) is 10.9. The molecule has 0 saturated carbocycles. The fourth-order valence-corrected chi connectivity index (χ4v) is 3.25. The summed E-state index contributed by atoms with van der Waals surface area (Å²) in [5.41, 5.74) is 1.36. The number of nitrogens with zero attached hydrogens (tertiary/aromatic N) is 2. The van der Waals surface area contributed by atoms with E-state index in [2.05, 4.69) is 10.5 Å². The van der Waals surface area contributed by atoms with E-state index in [0.29, 0.717) is 29.4 Å². The van der Waals surface area contributed by atoms with E-state index in [1.54, 1.807) is 23.1 Å². The maximum absolute atomic E-state index is 13.2. The van der Waals surface area contributed by atoms with Gasteiger partial charge in [-0.15, -0.1) is 0 Å². The van der Waals surface area contributed by atoms with Crippen molar-refractivity contribution >= 4 is 23.4 Å². The van der Waals surface area contributed by atoms with Crippen LogP contribution in [0.1, 0.15) is 46.0 Å². The van der Waals surface area contributed by atoms with Gasteiger partial charge in [0.15, 0.2) is 11.5 Å². The number of hydrogen-bond donors (Lipinski definition) is 1. The number of carbonyl (C=O) groups is 2. The SMILES string of the molecule is CC(C)CN(Cc1cc(C(=O)NCc2cccc(Cl)c2)no1)C(=O)c1ccc(F)cc1. The van der Waals surface area contributed by atoms with Crippen LogP contribution in [0.4, 0.5) is 4.39 Å². The Kier molecular flexibility index (Phi) is 7.41. The summed E-state index contributed by atoms with van der Waals surface area (Å²) in [6.07, 6.45) is 0. The second-order valence-corrected chi connectivity index (χ2v) is 8.01. The molecule has 0 unspecified atom stereocenters. The van der Waals surface area contributed by atoms with Crippen molar-refractivity contribution in [2.45, 2.75) is 26.9 Å². The van der Waals surface area contributed by atoms with Crippen LogP contribution in [0.15, 0.2) is 59.1 Å². The molecule has 0 saturated heterocycles. The highest BCUT2D eigenvalue weighted by atomic mass is 35.5. The van der Waals surface area contributed by atoms with Gasteiger partial charge >= 0.3 is 0 Å². The molecule has 2 aromatic carbocycles. The Labute approximate surface area is 185 Å². The number of amides is 2. The van der Waals surface area contributed by atoms with Crippen molar-refractivity contribution in [3.63, 3.8) is 0 Å². The number of benzene rings is 2. The molecule has 0 bridgehead atoms. The van der Waals surface area contributed by atoms with Crippen molar-refractivity contribution in [2.24, 2.45) is 5.92 Å². The largest absolute Gasteiger partial charge is 0.359 e. The minimum atomic E-state index is -0.407. The quantitative estimate of drug-likeness (QED) is 0.547. The lowest BCUT2D eigenvalue weighted by Crippen LogP contribution is -2.33. The molecule has 0 atom stereocenters. The van der Waals surface area contributed by atoms with Crippen LogP contribution in [0.3, 0.4) is 0 Å². The molecule has 8 heteroatoms. The Morgan fingerprint density at radius 1 is 1.16 bits per heavy atom. The summed E-state index contributed by atoms with van der Waals surface area (Å²) in [4.78, 5) is 26.8. The summed E-state index contributed by atoms with van der Waals surface area (Å²) >= 11 is 5.95. The van der Waals surface area contributed by atoms with Gasteiger partial charge in [-0.3, -0.25) is 9.59 Å². The number of aromatic nitrogens is 1. The third kappa shape index (κ3) is 6.39. The number of carbonyl (C=O) groups excluding carboxylic acids is 2. The van der Waals surface area contributed by atoms with E-state index >= 15 is 0 Å². The summed E-state index contributed by atoms with van der Waals surface area (Å²) in [5.74, 6) is -0.472. The maximum Gasteiger partial charge on any atom is 0.273 e. The van der Waals surface area contributed by atoms with Crippen molar-refractivity contribution in [1.29, 1.82) is 0 Å². The number of halogens is 2. The lowest BCUT2D eigenvalue weighted by Gasteiger charge is -2.23. The monoisotopic (exact) mass is 443 g/mol. The molecular formula is C23H23ClFN3O3. The summed E-state index contributed by atoms with van der Waals surface area (Å²) in [6, 6.07) is 14.1. The van der Waals surface area contributed by atoms with E-state index in [1.807, 2.05) is 19.9 Å². The van der Waals surface area contributed by atoms with Gasteiger partial charge in [-0.25, -0.2) is 4.39 Å². The molecule has 1 N–H and O–H groups in total. The molecule has 0 fully saturated rings. The van der Waals surface area contributed by atoms with Crippen LogP contribution in [-0.4, -0.2) is 28.4 Å². The lowest BCUT2D eigenvalue weighted by atomic mass is 10.1. The van der Waals surface area contributed by atoms with E-state index < -0.39 is 11.7 Å². The van der Waals surface area contributed by atoms with Crippen LogP contribution in [0.5, 0.6) is 0 Å². The summed E-state index contributed by atoms with van der Waals surface area (Å²) in [5, 5.41) is 7.17. The first kappa shape index (κ1) is 22.5. The highest BCUT2D eigenvalue weighted by molar-refractivity contribution is 6.30. The van der Waals surface area contributed by atoms with Crippen LogP contribution >= 0.6 is 11.6 Å². The molecule has 1 heterocycles. The van der Waals surface area contributed by atoms with Gasteiger partial charge in [0.2, 0.25) is 0 Å². The zero-order valence-corrected chi connectivity index (χ0v) is 18.0. The minimum absolute atomic E-state index is 0.121. The lowest BCUT2D eigenvalue weighted by molar-refractivity contribution is 0.0705. The van der Waals surface area contributed by atoms with Gasteiger partial charge in [-0.05, 0) is 47.9 Å². The zero-order chi connectivity index (χ0) is 22.4. The second-order valence-electron chi connectivity index (χ2n) is 7.58. The Balaban J connectivity index is 1.66. The van der Waals surface area contributed by atoms with Gasteiger partial charge in [-0.1, -0.05) is 42.7 Å². The summed E-state index contributed by atoms with van der Waals surface area (Å²) in [7, 11) is 0. The van der Waals surface area contributed by atoms with Crippen LogP contribution in [-0.2, 0) is 13.1 Å². The fourth-order valence-electron chi connectivity index (χ4n) is 3.04. The van der Waals surface area contributed by atoms with Gasteiger partial charge < -0.3 is 14.7 Å². The summed E-state index contributed by atoms with van der Waals surface area (Å²) < 4.78 is 18.5. The highest BCUT2D eigenvalue weighted by Crippen LogP contribution is 2.15. The van der Waals surface area contributed by atoms with Crippen LogP contribution in [0.25, 0.3) is 0 Å². The first-order valence-corrected chi connectivity index (χ1v) is 10.2. The highest BCUT2D eigenvalue weighted by Gasteiger charge is 2.21. The number of hydrogen-bond acceptors (Lipinski definition) is 4. The third-order valence-corrected chi connectivity index (χ3v) is 4.68. The first-order valence-electron chi connectivity index (χ1n) is 9.85. The molecule has 162 valence electrons. The van der Waals surface area contributed by atoms with E-state index in [9.17, 15) is 14.0 Å². The molecular weight excluding hydrogens is 421 g/mol. The van der Waals surface area contributed by atoms with Crippen LogP contribution in [0.2, 0.25) is 5.02 Å². The molecule has 1 aromatic heterocycles. The van der Waals surface area contributed by atoms with E-state index in [1.165, 1.54) is 30.3 Å². The van der Waals surface area contributed by atoms with Gasteiger partial charge in [0.25, 0.3) is 11.8 Å². The number of rotatable bonds is 8. The zero-order valence-electron chi connectivity index (χ0n) is 17.3. The fraction of sp³-hybridized carbons (Fsp3) is 0.261. The van der Waals surface area contributed by atoms with Gasteiger partial charge in [0, 0.05) is 29.7 Å². The van der Waals surface area contributed by atoms with Crippen LogP contribution in [0, 0.1) is 11.7 Å². The molecule has 2 amide bonds. The Morgan fingerprint density at radius 3 is 2.58 bits per heavy atom. The Bertz CT molecular complexity index is 1050. The Hall–Kier alpha value is -3.19. The predicted octanol–water partition coefficient (Wildman–Crippen LogP) is 4.70. The van der Waals surface area contributed by atoms with Gasteiger partial charge in [0.05, 0.1) is 6.54 Å². The molecule has 0 spiro atoms. The molecule has 0 aliphatic rings. The van der Waals surface area contributed by atoms with Crippen molar-refractivity contribution in [1.82, 2.24) is 15.4 Å². The predicted molar refractivity (Wildman–Crippen MR) is 115 cm³/mol. The molecule has 3 aromatic rings. The molecule has 6 nitrogen and oxygen atoms in total. The Morgan fingerprint density at radius 2 is 1.90 bits per heavy atom. The van der Waals surface area contributed by atoms with Crippen molar-refractivity contribution < 1.29 is 18.5 Å². The summed E-state index contributed by atoms with van der Waals surface area (Å²) in [6.45, 7) is 4.88. The molecule has 0 radical (unpaired) electrons. The van der Waals surface area contributed by atoms with E-state index in [0.717, 1.165) is 5.56 Å². The average Bonchev–Trinajstić information content (AvgIpc) is 3.20. The molecule has 31 heavy (non-hydrogen) atoms. The average molecular weight is 444 g/mol. The molecule has 3 rings (SSSR count). The third-order valence-electron chi connectivity index (χ3n) is 4.44. The second kappa shape index (κ2) is 10.2. The van der Waals surface area contributed by atoms with Gasteiger partial charge in [-0.2, -0.15) is 0 Å².